The highest BCUT2D eigenvalue weighted by Gasteiger charge is 2.54. The van der Waals surface area contributed by atoms with E-state index in [1.54, 1.807) is 103 Å². The summed E-state index contributed by atoms with van der Waals surface area (Å²) in [6.45, 7) is 7.41. The Morgan fingerprint density at radius 3 is 1.79 bits per heavy atom. The van der Waals surface area contributed by atoms with Crippen LogP contribution in [0.4, 0.5) is 0 Å². The summed E-state index contributed by atoms with van der Waals surface area (Å²) in [5, 5.41) is 0. The van der Waals surface area contributed by atoms with E-state index in [-0.39, 0.29) is 0 Å². The Hall–Kier alpha value is 0.730. The number of rotatable bonds is 19. The molecule has 1 heteroatoms. The zero-order valence-electron chi connectivity index (χ0n) is 32.2. The molecule has 8 unspecified atom stereocenters. The van der Waals surface area contributed by atoms with Gasteiger partial charge in [0, 0.05) is 0 Å². The first kappa shape index (κ1) is 38.9. The molecule has 0 spiro atoms. The van der Waals surface area contributed by atoms with Crippen LogP contribution >= 0.6 is 22.6 Å². The average Bonchev–Trinajstić information content (AvgIpc) is 3.13. The van der Waals surface area contributed by atoms with Gasteiger partial charge >= 0.3 is 0 Å². The second-order valence-electron chi connectivity index (χ2n) is 18.6. The van der Waals surface area contributed by atoms with Gasteiger partial charge < -0.3 is 0 Å². The average molecular weight is 763 g/mol. The van der Waals surface area contributed by atoms with Gasteiger partial charge in [-0.15, -0.1) is 0 Å². The van der Waals surface area contributed by atoms with Gasteiger partial charge in [-0.2, -0.15) is 0 Å². The normalized spacial score (nSPS) is 36.4. The summed E-state index contributed by atoms with van der Waals surface area (Å²) in [5.74, 6) is 12.9. The molecule has 0 amide bonds. The molecule has 47 heavy (non-hydrogen) atoms. The molecule has 5 saturated carbocycles. The van der Waals surface area contributed by atoms with Crippen LogP contribution in [0.3, 0.4) is 0 Å². The smallest absolute Gasteiger partial charge is 0.000463 e. The Morgan fingerprint density at radius 2 is 1.09 bits per heavy atom. The molecule has 5 fully saturated rings. The highest BCUT2D eigenvalue weighted by Crippen LogP contribution is 2.62. The maximum atomic E-state index is 2.64. The van der Waals surface area contributed by atoms with E-state index in [1.165, 1.54) is 94.3 Å². The van der Waals surface area contributed by atoms with Crippen LogP contribution in [-0.4, -0.2) is 4.43 Å². The van der Waals surface area contributed by atoms with Gasteiger partial charge in [-0.3, -0.25) is 0 Å². The summed E-state index contributed by atoms with van der Waals surface area (Å²) < 4.78 is 1.36. The summed E-state index contributed by atoms with van der Waals surface area (Å²) in [7, 11) is 0. The summed E-state index contributed by atoms with van der Waals surface area (Å²) in [6.07, 6.45) is 46.3. The van der Waals surface area contributed by atoms with Crippen molar-refractivity contribution < 1.29 is 0 Å². The lowest BCUT2D eigenvalue weighted by Gasteiger charge is -2.59. The molecule has 0 nitrogen and oxygen atoms in total. The van der Waals surface area contributed by atoms with Crippen LogP contribution in [0.25, 0.3) is 0 Å². The fourth-order valence-corrected chi connectivity index (χ4v) is 14.2. The van der Waals surface area contributed by atoms with E-state index in [0.29, 0.717) is 0 Å². The molecule has 0 aromatic carbocycles. The number of halogens is 1. The minimum atomic E-state index is 1.02. The van der Waals surface area contributed by atoms with Gasteiger partial charge in [0.15, 0.2) is 0 Å². The molecule has 0 heterocycles. The molecule has 5 aliphatic rings. The van der Waals surface area contributed by atoms with E-state index in [2.05, 4.69) is 43.4 Å². The molecule has 0 aromatic heterocycles. The van der Waals surface area contributed by atoms with Gasteiger partial charge in [0.1, 0.15) is 0 Å². The maximum absolute atomic E-state index is 2.64. The van der Waals surface area contributed by atoms with E-state index in [4.69, 9.17) is 0 Å². The van der Waals surface area contributed by atoms with Crippen molar-refractivity contribution in [2.75, 3.05) is 4.43 Å². The standard InChI is InChI=1S/C46H83I/c1-4-7-9-10-12-20-36(6-3)46-43-24-16-15-23-41(43)42(31-25-35(18-8-5-2)19-17-33-47)45-34-40(30-32-44(45)46)39-28-26-38(27-29-39)37-21-13-11-14-22-37/h35-46H,4-34H2,1-3H3/t35?,36?,38?,39?,40-,41?,42?,43?,44?,45?,46?/m0/s1. The van der Waals surface area contributed by atoms with Crippen molar-refractivity contribution in [1.29, 1.82) is 0 Å². The van der Waals surface area contributed by atoms with Crippen LogP contribution in [0.1, 0.15) is 213 Å². The largest absolute Gasteiger partial charge is 0.0864 e. The lowest BCUT2D eigenvalue weighted by molar-refractivity contribution is -0.104. The van der Waals surface area contributed by atoms with E-state index in [9.17, 15) is 0 Å². The second-order valence-corrected chi connectivity index (χ2v) is 19.7. The Labute approximate surface area is 309 Å². The van der Waals surface area contributed by atoms with E-state index in [1.807, 2.05) is 0 Å². The Kier molecular flexibility index (Phi) is 17.7. The molecule has 0 radical (unpaired) electrons. The molecule has 5 rings (SSSR count). The summed E-state index contributed by atoms with van der Waals surface area (Å²) in [6, 6.07) is 0. The van der Waals surface area contributed by atoms with Crippen molar-refractivity contribution in [2.24, 2.45) is 71.0 Å². The number of hydrogen-bond acceptors (Lipinski definition) is 0. The van der Waals surface area contributed by atoms with Crippen molar-refractivity contribution in [3.63, 3.8) is 0 Å². The summed E-state index contributed by atoms with van der Waals surface area (Å²) in [5.41, 5.74) is 0. The first-order chi connectivity index (χ1) is 23.2. The van der Waals surface area contributed by atoms with Crippen LogP contribution in [0, 0.1) is 71.0 Å². The van der Waals surface area contributed by atoms with Gasteiger partial charge in [-0.1, -0.05) is 159 Å². The number of unbranched alkanes of at least 4 members (excludes halogenated alkanes) is 5. The molecule has 5 aliphatic carbocycles. The van der Waals surface area contributed by atoms with Gasteiger partial charge in [-0.25, -0.2) is 0 Å². The summed E-state index contributed by atoms with van der Waals surface area (Å²) >= 11 is 2.64. The molecule has 0 N–H and O–H groups in total. The second kappa shape index (κ2) is 21.3. The third kappa shape index (κ3) is 10.9. The fraction of sp³-hybridized carbons (Fsp3) is 1.00. The van der Waals surface area contributed by atoms with Crippen LogP contribution in [0.5, 0.6) is 0 Å². The minimum absolute atomic E-state index is 1.02. The van der Waals surface area contributed by atoms with Crippen LogP contribution in [0.15, 0.2) is 0 Å². The number of fused-ring (bicyclic) bond motifs is 2. The third-order valence-corrected chi connectivity index (χ3v) is 16.9. The predicted octanol–water partition coefficient (Wildman–Crippen LogP) is 15.6. The van der Waals surface area contributed by atoms with Crippen LogP contribution in [0.2, 0.25) is 0 Å². The third-order valence-electron chi connectivity index (χ3n) is 16.1. The van der Waals surface area contributed by atoms with E-state index in [0.717, 1.165) is 71.0 Å². The van der Waals surface area contributed by atoms with Crippen molar-refractivity contribution in [1.82, 2.24) is 0 Å². The zero-order valence-corrected chi connectivity index (χ0v) is 34.4. The number of hydrogen-bond donors (Lipinski definition) is 0. The number of alkyl halides is 1. The van der Waals surface area contributed by atoms with Crippen molar-refractivity contribution in [3.05, 3.63) is 0 Å². The molecule has 0 aliphatic heterocycles. The van der Waals surface area contributed by atoms with Crippen LogP contribution in [-0.2, 0) is 0 Å². The zero-order chi connectivity index (χ0) is 32.8. The van der Waals surface area contributed by atoms with Crippen LogP contribution < -0.4 is 0 Å². The molecular weight excluding hydrogens is 679 g/mol. The lowest BCUT2D eigenvalue weighted by atomic mass is 9.46. The molecule has 0 saturated heterocycles. The molecule has 274 valence electrons. The van der Waals surface area contributed by atoms with Gasteiger partial charge in [0.25, 0.3) is 0 Å². The molecular formula is C46H83I. The fourth-order valence-electron chi connectivity index (χ4n) is 13.7. The van der Waals surface area contributed by atoms with Gasteiger partial charge in [0.2, 0.25) is 0 Å². The Morgan fingerprint density at radius 1 is 0.489 bits per heavy atom. The van der Waals surface area contributed by atoms with Crippen molar-refractivity contribution >= 4 is 22.6 Å². The first-order valence-corrected chi connectivity index (χ1v) is 24.3. The maximum Gasteiger partial charge on any atom is -0.000463 e. The first-order valence-electron chi connectivity index (χ1n) is 22.7. The van der Waals surface area contributed by atoms with E-state index >= 15 is 0 Å². The molecule has 9 atom stereocenters. The Bertz CT molecular complexity index is 798. The van der Waals surface area contributed by atoms with Gasteiger partial charge in [0.05, 0.1) is 0 Å². The quantitative estimate of drug-likeness (QED) is 0.0698. The SMILES string of the molecule is CCCCCCCC(CC)C1C2CCCCC2C(CCC(CCCC)CCCI)C2C[C@@H](C3CCC(C4CCCCC4)CC3)CCC21. The lowest BCUT2D eigenvalue weighted by Crippen LogP contribution is -2.52. The molecule has 0 bridgehead atoms. The highest BCUT2D eigenvalue weighted by atomic mass is 127. The highest BCUT2D eigenvalue weighted by molar-refractivity contribution is 14.1. The van der Waals surface area contributed by atoms with Crippen molar-refractivity contribution in [2.45, 2.75) is 213 Å². The topological polar surface area (TPSA) is 0 Å². The Balaban J connectivity index is 1.31. The predicted molar refractivity (Wildman–Crippen MR) is 216 cm³/mol. The van der Waals surface area contributed by atoms with Crippen molar-refractivity contribution in [3.8, 4) is 0 Å². The summed E-state index contributed by atoms with van der Waals surface area (Å²) in [4.78, 5) is 0. The monoisotopic (exact) mass is 763 g/mol. The van der Waals surface area contributed by atoms with Gasteiger partial charge in [-0.05, 0) is 152 Å². The van der Waals surface area contributed by atoms with E-state index < -0.39 is 0 Å². The minimum Gasteiger partial charge on any atom is -0.0864 e. The molecule has 0 aromatic rings.